The van der Waals surface area contributed by atoms with Gasteiger partial charge in [0.2, 0.25) is 11.6 Å². The molecule has 322 valence electrons. The van der Waals surface area contributed by atoms with Crippen LogP contribution in [0.4, 0.5) is 0 Å². The van der Waals surface area contributed by atoms with E-state index in [1.165, 1.54) is 12.1 Å². The second-order valence-corrected chi connectivity index (χ2v) is 16.5. The van der Waals surface area contributed by atoms with Crippen LogP contribution in [0.15, 0.2) is 84.9 Å². The predicted molar refractivity (Wildman–Crippen MR) is 215 cm³/mol. The Kier molecular flexibility index (Phi) is 12.0. The maximum atomic E-state index is 11.6. The molecule has 60 heavy (non-hydrogen) atoms. The highest BCUT2D eigenvalue weighted by molar-refractivity contribution is 6.31. The lowest BCUT2D eigenvalue weighted by atomic mass is 9.83. The lowest BCUT2D eigenvalue weighted by Gasteiger charge is -2.47. The highest BCUT2D eigenvalue weighted by Crippen LogP contribution is 2.53. The summed E-state index contributed by atoms with van der Waals surface area (Å²) in [6.45, 7) is 2.99. The average molecular weight is 872 g/mol. The van der Waals surface area contributed by atoms with Crippen molar-refractivity contribution in [3.05, 3.63) is 128 Å². The molecule has 0 aliphatic carbocycles. The molecule has 14 nitrogen and oxygen atoms in total. The number of hydrogen-bond acceptors (Lipinski definition) is 14. The number of aliphatic hydroxyl groups excluding tert-OH is 7. The van der Waals surface area contributed by atoms with Crippen LogP contribution >= 0.6 is 23.2 Å². The normalized spacial score (nSPS) is 33.8. The number of aliphatic hydroxyl groups is 7. The monoisotopic (exact) mass is 870 g/mol. The van der Waals surface area contributed by atoms with Gasteiger partial charge in [-0.25, -0.2) is 0 Å². The van der Waals surface area contributed by atoms with Crippen LogP contribution in [0.25, 0.3) is 0 Å². The Morgan fingerprint density at radius 3 is 1.75 bits per heavy atom. The van der Waals surface area contributed by atoms with Crippen LogP contribution < -0.4 is 9.47 Å². The molecule has 0 saturated carbocycles. The van der Waals surface area contributed by atoms with Gasteiger partial charge in [0, 0.05) is 26.7 Å². The van der Waals surface area contributed by atoms with Gasteiger partial charge in [-0.1, -0.05) is 59.6 Å². The Balaban J connectivity index is 1.13. The first kappa shape index (κ1) is 43.2. The first-order valence-electron chi connectivity index (χ1n) is 19.8. The van der Waals surface area contributed by atoms with Crippen LogP contribution in [0.3, 0.4) is 0 Å². The van der Waals surface area contributed by atoms with Gasteiger partial charge in [0.25, 0.3) is 0 Å². The van der Waals surface area contributed by atoms with E-state index < -0.39 is 78.7 Å². The van der Waals surface area contributed by atoms with E-state index in [1.807, 2.05) is 38.1 Å². The van der Waals surface area contributed by atoms with Crippen LogP contribution in [0.1, 0.15) is 53.3 Å². The Hall–Kier alpha value is -3.42. The average Bonchev–Trinajstić information content (AvgIpc) is 3.84. The summed E-state index contributed by atoms with van der Waals surface area (Å²) in [6.07, 6.45) is -10.9. The zero-order chi connectivity index (χ0) is 42.6. The van der Waals surface area contributed by atoms with Gasteiger partial charge in [0.15, 0.2) is 0 Å². The Morgan fingerprint density at radius 2 is 1.17 bits per heavy atom. The Labute approximate surface area is 356 Å². The molecule has 4 aliphatic heterocycles. The van der Waals surface area contributed by atoms with Crippen LogP contribution in [0, 0.1) is 0 Å². The van der Waals surface area contributed by atoms with E-state index in [9.17, 15) is 35.7 Å². The van der Waals surface area contributed by atoms with Gasteiger partial charge < -0.3 is 68.9 Å². The molecule has 0 amide bonds. The number of halogens is 2. The quantitative estimate of drug-likeness (QED) is 0.0973. The molecule has 7 N–H and O–H groups in total. The second-order valence-electron chi connectivity index (χ2n) is 15.7. The van der Waals surface area contributed by atoms with Crippen molar-refractivity contribution in [1.29, 1.82) is 0 Å². The summed E-state index contributed by atoms with van der Waals surface area (Å²) in [4.78, 5) is 0. The summed E-state index contributed by atoms with van der Waals surface area (Å²) in [5.41, 5.74) is -0.334. The third-order valence-corrected chi connectivity index (χ3v) is 12.6. The van der Waals surface area contributed by atoms with E-state index in [4.69, 9.17) is 56.4 Å². The molecule has 0 spiro atoms. The topological polar surface area (TPSA) is 206 Å². The van der Waals surface area contributed by atoms with Gasteiger partial charge in [-0.15, -0.1) is 0 Å². The molecule has 0 aromatic heterocycles. The number of rotatable bonds is 14. The summed E-state index contributed by atoms with van der Waals surface area (Å²) in [6, 6.07) is 24.2. The van der Waals surface area contributed by atoms with Gasteiger partial charge in [-0.2, -0.15) is 0 Å². The van der Waals surface area contributed by atoms with E-state index in [2.05, 4.69) is 0 Å². The third kappa shape index (κ3) is 7.19. The van der Waals surface area contributed by atoms with E-state index in [-0.39, 0.29) is 23.8 Å². The van der Waals surface area contributed by atoms with Crippen LogP contribution in [0.5, 0.6) is 11.5 Å². The fourth-order valence-corrected chi connectivity index (χ4v) is 9.01. The molecular weight excluding hydrogens is 823 g/mol. The lowest BCUT2D eigenvalue weighted by Crippen LogP contribution is -2.65. The van der Waals surface area contributed by atoms with Crippen LogP contribution in [0.2, 0.25) is 10.0 Å². The molecule has 4 fully saturated rings. The zero-order valence-electron chi connectivity index (χ0n) is 32.8. The van der Waals surface area contributed by atoms with Gasteiger partial charge in [0.05, 0.1) is 39.6 Å². The number of benzene rings is 4. The molecule has 4 aromatic carbocycles. The molecule has 4 aliphatic rings. The zero-order valence-corrected chi connectivity index (χ0v) is 34.3. The molecule has 4 heterocycles. The molecule has 4 bridgehead atoms. The van der Waals surface area contributed by atoms with Crippen molar-refractivity contribution in [2.24, 2.45) is 0 Å². The summed E-state index contributed by atoms with van der Waals surface area (Å²) in [5, 5.41) is 78.4. The molecule has 16 heteroatoms. The minimum absolute atomic E-state index is 0.202. The molecule has 4 aromatic rings. The first-order chi connectivity index (χ1) is 28.7. The summed E-state index contributed by atoms with van der Waals surface area (Å²) < 4.78 is 42.9. The van der Waals surface area contributed by atoms with Crippen molar-refractivity contribution in [1.82, 2.24) is 0 Å². The smallest absolute Gasteiger partial charge is 0.225 e. The van der Waals surface area contributed by atoms with E-state index >= 15 is 0 Å². The van der Waals surface area contributed by atoms with Crippen molar-refractivity contribution in [2.45, 2.75) is 85.8 Å². The standard InChI is InChI=1S/C44H48Cl2O14/c1-3-54-29-11-5-24(6-12-29)17-26-18-27(9-15-32(26)45)43-40(53)35(49)38(51)42(60-43,23-58-43)21-56-36(25-7-13-30(14-8-25)55-4-2)31-19-28(10-16-33(31)46)44-39(52)34(48)37(50)41(20-47,59-44)22-57-44/h5-16,18-19,34-40,47-53H,3-4,17,20-23H2,1-2H3/t34-,35-,36?,37+,38+,39-,40-,41?,42?,43?,44+/m0/s1. The molecule has 0 radical (unpaired) electrons. The minimum atomic E-state index is -2.01. The van der Waals surface area contributed by atoms with E-state index in [0.717, 1.165) is 11.3 Å². The molecule has 8 rings (SSSR count). The minimum Gasteiger partial charge on any atom is -0.494 e. The number of hydrogen-bond donors (Lipinski definition) is 7. The maximum Gasteiger partial charge on any atom is 0.225 e. The summed E-state index contributed by atoms with van der Waals surface area (Å²) >= 11 is 13.6. The largest absolute Gasteiger partial charge is 0.494 e. The summed E-state index contributed by atoms with van der Waals surface area (Å²) in [5.74, 6) is -2.61. The highest BCUT2D eigenvalue weighted by Gasteiger charge is 2.68. The van der Waals surface area contributed by atoms with Crippen molar-refractivity contribution >= 4 is 23.2 Å². The van der Waals surface area contributed by atoms with Crippen molar-refractivity contribution < 1.29 is 68.9 Å². The highest BCUT2D eigenvalue weighted by atomic mass is 35.5. The van der Waals surface area contributed by atoms with Crippen molar-refractivity contribution in [3.63, 3.8) is 0 Å². The van der Waals surface area contributed by atoms with Crippen LogP contribution in [-0.2, 0) is 41.7 Å². The van der Waals surface area contributed by atoms with Crippen molar-refractivity contribution in [2.75, 3.05) is 39.6 Å². The predicted octanol–water partition coefficient (Wildman–Crippen LogP) is 3.25. The SMILES string of the molecule is CCOc1ccc(Cc2cc(C34OCC(COC(c5ccc(OCC)cc5)c5cc([C@@]67OCC(CO)(O6)[C@H](O)[C@H](O)[C@@H]7O)ccc5Cl)(O3)[C@H](O)[C@H](O)[C@@H]4O)ccc2Cl)cc1. The second kappa shape index (κ2) is 16.7. The fourth-order valence-electron chi connectivity index (χ4n) is 8.61. The Bertz CT molecular complexity index is 2160. The molecule has 4 saturated heterocycles. The summed E-state index contributed by atoms with van der Waals surface area (Å²) in [7, 11) is 0. The molecule has 4 unspecified atom stereocenters. The van der Waals surface area contributed by atoms with Gasteiger partial charge in [-0.3, -0.25) is 0 Å². The first-order valence-corrected chi connectivity index (χ1v) is 20.5. The molecular formula is C44H48Cl2O14. The maximum absolute atomic E-state index is 11.6. The van der Waals surface area contributed by atoms with E-state index in [0.29, 0.717) is 52.7 Å². The number of ether oxygens (including phenoxy) is 7. The van der Waals surface area contributed by atoms with Crippen molar-refractivity contribution in [3.8, 4) is 11.5 Å². The number of fused-ring (bicyclic) bond motifs is 4. The fraction of sp³-hybridized carbons (Fsp3) is 0.455. The third-order valence-electron chi connectivity index (χ3n) is 11.9. The van der Waals surface area contributed by atoms with Gasteiger partial charge in [-0.05, 0) is 85.5 Å². The van der Waals surface area contributed by atoms with Gasteiger partial charge in [0.1, 0.15) is 65.4 Å². The Morgan fingerprint density at radius 1 is 0.650 bits per heavy atom. The van der Waals surface area contributed by atoms with Gasteiger partial charge >= 0.3 is 0 Å². The molecule has 11 atom stereocenters. The van der Waals surface area contributed by atoms with Crippen LogP contribution in [-0.4, -0.2) is 123 Å². The van der Waals surface area contributed by atoms with E-state index in [1.54, 1.807) is 48.5 Å². The lowest BCUT2D eigenvalue weighted by molar-refractivity contribution is -0.332.